The maximum Gasteiger partial charge on any atom is 0.240 e. The zero-order valence-electron chi connectivity index (χ0n) is 12.6. The van der Waals surface area contributed by atoms with E-state index in [4.69, 9.17) is 10.5 Å². The van der Waals surface area contributed by atoms with E-state index in [-0.39, 0.29) is 29.3 Å². The lowest BCUT2D eigenvalue weighted by molar-refractivity contribution is -0.119. The number of ether oxygens (including phenoxy) is 1. The summed E-state index contributed by atoms with van der Waals surface area (Å²) in [6.07, 6.45) is 1.71. The Morgan fingerprint density at radius 2 is 2.14 bits per heavy atom. The fraction of sp³-hybridized carbons (Fsp3) is 0.500. The molecule has 0 aliphatic heterocycles. The lowest BCUT2D eigenvalue weighted by atomic mass is 10.1. The molecule has 0 spiro atoms. The Bertz CT molecular complexity index is 656. The van der Waals surface area contributed by atoms with Gasteiger partial charge in [-0.05, 0) is 31.0 Å². The first kappa shape index (κ1) is 16.7. The molecule has 1 amide bonds. The highest BCUT2D eigenvalue weighted by Crippen LogP contribution is 2.29. The second-order valence-electron chi connectivity index (χ2n) is 5.38. The van der Waals surface area contributed by atoms with E-state index in [2.05, 4.69) is 10.0 Å². The number of rotatable bonds is 7. The van der Waals surface area contributed by atoms with Crippen molar-refractivity contribution in [2.45, 2.75) is 30.7 Å². The smallest absolute Gasteiger partial charge is 0.240 e. The number of carbonyl (C=O) groups is 1. The lowest BCUT2D eigenvalue weighted by Crippen LogP contribution is -2.28. The second-order valence-corrected chi connectivity index (χ2v) is 7.10. The number of benzene rings is 1. The number of methoxy groups -OCH3 is 1. The second kappa shape index (κ2) is 6.64. The number of hydrogen-bond acceptors (Lipinski definition) is 5. The molecule has 7 nitrogen and oxygen atoms in total. The van der Waals surface area contributed by atoms with Gasteiger partial charge in [0.1, 0.15) is 5.75 Å². The number of amides is 1. The molecule has 1 saturated carbocycles. The van der Waals surface area contributed by atoms with Crippen molar-refractivity contribution in [3.63, 3.8) is 0 Å². The highest BCUT2D eigenvalue weighted by Gasteiger charge is 2.28. The number of nitrogens with two attached hydrogens (primary N) is 1. The van der Waals surface area contributed by atoms with Gasteiger partial charge in [0.2, 0.25) is 15.9 Å². The minimum absolute atomic E-state index is 0.0161. The zero-order valence-corrected chi connectivity index (χ0v) is 13.4. The van der Waals surface area contributed by atoms with Crippen LogP contribution in [0.25, 0.3) is 0 Å². The SMILES string of the molecule is COc1ccc(S(=O)(=O)NC2CC2)cc1NC(=O)C(C)CN. The summed E-state index contributed by atoms with van der Waals surface area (Å²) in [6, 6.07) is 4.38. The summed E-state index contributed by atoms with van der Waals surface area (Å²) in [5.41, 5.74) is 5.77. The maximum absolute atomic E-state index is 12.2. The van der Waals surface area contributed by atoms with Crippen LogP contribution in [0.5, 0.6) is 5.75 Å². The molecule has 0 aromatic heterocycles. The molecular weight excluding hydrogens is 306 g/mol. The molecule has 1 unspecified atom stereocenters. The summed E-state index contributed by atoms with van der Waals surface area (Å²) in [4.78, 5) is 12.0. The lowest BCUT2D eigenvalue weighted by Gasteiger charge is -2.14. The molecule has 1 aliphatic rings. The minimum atomic E-state index is -3.59. The number of nitrogens with one attached hydrogen (secondary N) is 2. The molecule has 1 aromatic rings. The van der Waals surface area contributed by atoms with E-state index in [9.17, 15) is 13.2 Å². The van der Waals surface area contributed by atoms with Crippen LogP contribution >= 0.6 is 0 Å². The van der Waals surface area contributed by atoms with Gasteiger partial charge in [0.25, 0.3) is 0 Å². The predicted octanol–water partition coefficient (Wildman–Crippen LogP) is 0.669. The Morgan fingerprint density at radius 1 is 1.45 bits per heavy atom. The third kappa shape index (κ3) is 3.96. The number of hydrogen-bond donors (Lipinski definition) is 3. The van der Waals surface area contributed by atoms with Crippen LogP contribution in [0.2, 0.25) is 0 Å². The average Bonchev–Trinajstić information content (AvgIpc) is 3.29. The van der Waals surface area contributed by atoms with E-state index < -0.39 is 10.0 Å². The van der Waals surface area contributed by atoms with Crippen LogP contribution in [0.15, 0.2) is 23.1 Å². The van der Waals surface area contributed by atoms with Crippen LogP contribution in [-0.2, 0) is 14.8 Å². The van der Waals surface area contributed by atoms with Crippen LogP contribution in [-0.4, -0.2) is 34.0 Å². The van der Waals surface area contributed by atoms with Crippen molar-refractivity contribution in [1.82, 2.24) is 4.72 Å². The molecule has 2 rings (SSSR count). The summed E-state index contributed by atoms with van der Waals surface area (Å²) in [7, 11) is -2.14. The largest absolute Gasteiger partial charge is 0.495 e. The van der Waals surface area contributed by atoms with E-state index in [0.29, 0.717) is 11.4 Å². The Balaban J connectivity index is 2.27. The van der Waals surface area contributed by atoms with Gasteiger partial charge in [0, 0.05) is 18.5 Å². The van der Waals surface area contributed by atoms with Crippen molar-refractivity contribution < 1.29 is 17.9 Å². The van der Waals surface area contributed by atoms with Gasteiger partial charge in [-0.3, -0.25) is 4.79 Å². The predicted molar refractivity (Wildman–Crippen MR) is 83.2 cm³/mol. The summed E-state index contributed by atoms with van der Waals surface area (Å²) in [5.74, 6) is -0.275. The molecule has 1 aliphatic carbocycles. The molecule has 4 N–H and O–H groups in total. The number of sulfonamides is 1. The third-order valence-corrected chi connectivity index (χ3v) is 4.96. The van der Waals surface area contributed by atoms with Crippen molar-refractivity contribution in [2.24, 2.45) is 11.7 Å². The topological polar surface area (TPSA) is 111 Å². The Hall–Kier alpha value is -1.64. The molecular formula is C14H21N3O4S. The van der Waals surface area contributed by atoms with Gasteiger partial charge in [0.15, 0.2) is 0 Å². The van der Waals surface area contributed by atoms with Crippen molar-refractivity contribution in [2.75, 3.05) is 19.0 Å². The van der Waals surface area contributed by atoms with Crippen LogP contribution in [0.4, 0.5) is 5.69 Å². The van der Waals surface area contributed by atoms with Crippen molar-refractivity contribution >= 4 is 21.6 Å². The van der Waals surface area contributed by atoms with Crippen LogP contribution < -0.4 is 20.5 Å². The monoisotopic (exact) mass is 327 g/mol. The Labute approximate surface area is 130 Å². The maximum atomic E-state index is 12.2. The Morgan fingerprint density at radius 3 is 2.68 bits per heavy atom. The number of anilines is 1. The van der Waals surface area contributed by atoms with Crippen LogP contribution in [0, 0.1) is 5.92 Å². The molecule has 0 radical (unpaired) electrons. The zero-order chi connectivity index (χ0) is 16.3. The standard InChI is InChI=1S/C14H21N3O4S/c1-9(8-15)14(18)16-12-7-11(5-6-13(12)21-2)22(19,20)17-10-3-4-10/h5-7,9-10,17H,3-4,8,15H2,1-2H3,(H,16,18). The molecule has 122 valence electrons. The van der Waals surface area contributed by atoms with E-state index in [1.165, 1.54) is 25.3 Å². The molecule has 1 atom stereocenters. The summed E-state index contributed by atoms with van der Waals surface area (Å²) >= 11 is 0. The van der Waals surface area contributed by atoms with Gasteiger partial charge < -0.3 is 15.8 Å². The first-order chi connectivity index (χ1) is 10.4. The Kier molecular flexibility index (Phi) is 5.05. The number of carbonyl (C=O) groups excluding carboxylic acids is 1. The van der Waals surface area contributed by atoms with Gasteiger partial charge in [0.05, 0.1) is 17.7 Å². The normalized spacial score (nSPS) is 16.1. The molecule has 22 heavy (non-hydrogen) atoms. The molecule has 0 saturated heterocycles. The molecule has 0 bridgehead atoms. The van der Waals surface area contributed by atoms with Crippen LogP contribution in [0.3, 0.4) is 0 Å². The highest BCUT2D eigenvalue weighted by molar-refractivity contribution is 7.89. The van der Waals surface area contributed by atoms with Gasteiger partial charge >= 0.3 is 0 Å². The van der Waals surface area contributed by atoms with E-state index >= 15 is 0 Å². The summed E-state index contributed by atoms with van der Waals surface area (Å²) in [5, 5.41) is 2.66. The highest BCUT2D eigenvalue weighted by atomic mass is 32.2. The van der Waals surface area contributed by atoms with Gasteiger partial charge in [-0.2, -0.15) is 0 Å². The van der Waals surface area contributed by atoms with Crippen molar-refractivity contribution in [1.29, 1.82) is 0 Å². The quantitative estimate of drug-likeness (QED) is 0.682. The van der Waals surface area contributed by atoms with Gasteiger partial charge in [-0.1, -0.05) is 6.92 Å². The molecule has 0 heterocycles. The van der Waals surface area contributed by atoms with Crippen molar-refractivity contribution in [3.05, 3.63) is 18.2 Å². The molecule has 1 aromatic carbocycles. The van der Waals surface area contributed by atoms with Gasteiger partial charge in [-0.15, -0.1) is 0 Å². The average molecular weight is 327 g/mol. The fourth-order valence-corrected chi connectivity index (χ4v) is 3.13. The minimum Gasteiger partial charge on any atom is -0.495 e. The molecule has 1 fully saturated rings. The summed E-state index contributed by atoms with van der Waals surface area (Å²) < 4.78 is 32.2. The van der Waals surface area contributed by atoms with Crippen molar-refractivity contribution in [3.8, 4) is 5.75 Å². The third-order valence-electron chi connectivity index (χ3n) is 3.44. The van der Waals surface area contributed by atoms with Gasteiger partial charge in [-0.25, -0.2) is 13.1 Å². The fourth-order valence-electron chi connectivity index (χ4n) is 1.80. The summed E-state index contributed by atoms with van der Waals surface area (Å²) in [6.45, 7) is 1.90. The van der Waals surface area contributed by atoms with Crippen LogP contribution in [0.1, 0.15) is 19.8 Å². The van der Waals surface area contributed by atoms with E-state index in [1.54, 1.807) is 6.92 Å². The first-order valence-corrected chi connectivity index (χ1v) is 8.57. The van der Waals surface area contributed by atoms with E-state index in [1.807, 2.05) is 0 Å². The van der Waals surface area contributed by atoms with E-state index in [0.717, 1.165) is 12.8 Å². The first-order valence-electron chi connectivity index (χ1n) is 7.08. The molecule has 8 heteroatoms.